The van der Waals surface area contributed by atoms with Crippen LogP contribution in [0.4, 0.5) is 0 Å². The molecule has 0 bridgehead atoms. The second-order valence-corrected chi connectivity index (χ2v) is 1.14. The van der Waals surface area contributed by atoms with Gasteiger partial charge in [0.05, 0.1) is 6.61 Å². The van der Waals surface area contributed by atoms with Gasteiger partial charge < -0.3 is 4.74 Å². The number of nitrogens with one attached hydrogen (secondary N) is 1. The minimum absolute atomic E-state index is 0. The molecule has 0 spiro atoms. The zero-order valence-corrected chi connectivity index (χ0v) is 6.34. The van der Waals surface area contributed by atoms with Gasteiger partial charge in [-0.25, -0.2) is 0 Å². The number of hydrogen-bond donors (Lipinski definition) is 1. The molecule has 0 unspecified atom stereocenters. The molecule has 0 aromatic carbocycles. The van der Waals surface area contributed by atoms with Crippen LogP contribution in [0.3, 0.4) is 0 Å². The summed E-state index contributed by atoms with van der Waals surface area (Å²) in [6.45, 7) is -2.03. The van der Waals surface area contributed by atoms with Crippen LogP contribution >= 0.6 is 12.4 Å². The number of hydrogen-bond acceptors (Lipinski definition) is 2. The van der Waals surface area contributed by atoms with Gasteiger partial charge in [-0.3, -0.25) is 5.41 Å². The van der Waals surface area contributed by atoms with E-state index in [-0.39, 0.29) is 19.0 Å². The van der Waals surface area contributed by atoms with E-state index in [1.807, 2.05) is 0 Å². The third-order valence-electron chi connectivity index (χ3n) is 0.527. The summed E-state index contributed by atoms with van der Waals surface area (Å²) in [7, 11) is 0. The van der Waals surface area contributed by atoms with E-state index >= 15 is 0 Å². The molecule has 0 aliphatic carbocycles. The standard InChI is InChI=1S/C7H15NO.ClH/c1-3-5-6-7(8)9-4-2;/h8H,3-6H2,1-2H3;1H/i1D3,3D2,5D2,6D2;. The number of rotatable bonds is 4. The molecule has 0 amide bonds. The van der Waals surface area contributed by atoms with Gasteiger partial charge in [-0.1, -0.05) is 13.2 Å². The van der Waals surface area contributed by atoms with Crippen LogP contribution in [-0.4, -0.2) is 12.5 Å². The van der Waals surface area contributed by atoms with Crippen LogP contribution < -0.4 is 0 Å². The molecular weight excluding hydrogens is 150 g/mol. The predicted molar refractivity (Wildman–Crippen MR) is 46.1 cm³/mol. The van der Waals surface area contributed by atoms with Crippen molar-refractivity contribution in [3.63, 3.8) is 0 Å². The first-order valence-corrected chi connectivity index (χ1v) is 2.45. The molecule has 1 N–H and O–H groups in total. The minimum Gasteiger partial charge on any atom is -0.481 e. The quantitative estimate of drug-likeness (QED) is 0.516. The van der Waals surface area contributed by atoms with Gasteiger partial charge in [0.1, 0.15) is 0 Å². The summed E-state index contributed by atoms with van der Waals surface area (Å²) in [4.78, 5) is 0. The Kier molecular flexibility index (Phi) is 2.34. The molecule has 0 aliphatic rings. The van der Waals surface area contributed by atoms with Crippen molar-refractivity contribution in [3.05, 3.63) is 0 Å². The fraction of sp³-hybridized carbons (Fsp3) is 0.857. The van der Waals surface area contributed by atoms with Crippen molar-refractivity contribution < 1.29 is 17.1 Å². The molecule has 0 radical (unpaired) electrons. The molecule has 0 atom stereocenters. The van der Waals surface area contributed by atoms with Gasteiger partial charge in [0.2, 0.25) is 0 Å². The normalized spacial score (nSPS) is 27.1. The highest BCUT2D eigenvalue weighted by Gasteiger charge is 1.92. The average Bonchev–Trinajstić information content (AvgIpc) is 2.15. The second-order valence-electron chi connectivity index (χ2n) is 1.14. The SMILES string of the molecule is Cl.[2H]C([2H])([2H])C([2H])([2H])C([2H])([2H])C([2H])([2H])C(=N)OCC. The Morgan fingerprint density at radius 3 is 3.00 bits per heavy atom. The van der Waals surface area contributed by atoms with Crippen molar-refractivity contribution in [1.29, 1.82) is 5.41 Å². The first-order valence-electron chi connectivity index (χ1n) is 6.95. The molecule has 62 valence electrons. The zero-order chi connectivity index (χ0) is 15.0. The van der Waals surface area contributed by atoms with Crippen molar-refractivity contribution >= 4 is 18.3 Å². The van der Waals surface area contributed by atoms with Gasteiger partial charge >= 0.3 is 0 Å². The summed E-state index contributed by atoms with van der Waals surface area (Å²) >= 11 is 0. The summed E-state index contributed by atoms with van der Waals surface area (Å²) in [6.07, 6.45) is -10.1. The molecule has 0 aromatic heterocycles. The monoisotopic (exact) mass is 174 g/mol. The Hall–Kier alpha value is -0.240. The Balaban J connectivity index is 0. The van der Waals surface area contributed by atoms with Crippen molar-refractivity contribution in [2.75, 3.05) is 6.61 Å². The van der Waals surface area contributed by atoms with Crippen LogP contribution in [0.1, 0.15) is 45.2 Å². The molecule has 0 saturated heterocycles. The van der Waals surface area contributed by atoms with E-state index in [0.29, 0.717) is 0 Å². The van der Waals surface area contributed by atoms with Gasteiger partial charge in [-0.2, -0.15) is 0 Å². The molecule has 0 heterocycles. The fourth-order valence-corrected chi connectivity index (χ4v) is 0.268. The summed E-state index contributed by atoms with van der Waals surface area (Å²) in [5.74, 6) is -1.14. The lowest BCUT2D eigenvalue weighted by molar-refractivity contribution is 0.313. The first-order chi connectivity index (χ1) is 7.73. The molecule has 0 fully saturated rings. The third kappa shape index (κ3) is 7.76. The van der Waals surface area contributed by atoms with Crippen LogP contribution in [-0.2, 0) is 4.74 Å². The smallest absolute Gasteiger partial charge is 0.180 e. The highest BCUT2D eigenvalue weighted by Crippen LogP contribution is 1.95. The summed E-state index contributed by atoms with van der Waals surface area (Å²) in [5, 5.41) is 7.24. The van der Waals surface area contributed by atoms with Crippen LogP contribution in [0.2, 0.25) is 0 Å². The van der Waals surface area contributed by atoms with E-state index in [0.717, 1.165) is 0 Å². The van der Waals surface area contributed by atoms with Gasteiger partial charge in [-0.05, 0) is 13.3 Å². The van der Waals surface area contributed by atoms with Crippen LogP contribution in [0.25, 0.3) is 0 Å². The van der Waals surface area contributed by atoms with E-state index in [1.54, 1.807) is 0 Å². The lowest BCUT2D eigenvalue weighted by Crippen LogP contribution is -2.01. The Morgan fingerprint density at radius 2 is 2.50 bits per heavy atom. The van der Waals surface area contributed by atoms with Gasteiger partial charge in [0.25, 0.3) is 0 Å². The summed E-state index contributed by atoms with van der Waals surface area (Å²) in [6, 6.07) is 0. The van der Waals surface area contributed by atoms with Crippen LogP contribution in [0, 0.1) is 5.41 Å². The van der Waals surface area contributed by atoms with Crippen molar-refractivity contribution in [3.8, 4) is 0 Å². The molecule has 2 nitrogen and oxygen atoms in total. The van der Waals surface area contributed by atoms with Crippen molar-refractivity contribution in [2.24, 2.45) is 0 Å². The summed E-state index contributed by atoms with van der Waals surface area (Å²) < 4.78 is 69.7. The second kappa shape index (κ2) is 8.76. The number of ether oxygens (including phenoxy) is 1. The molecule has 0 rings (SSSR count). The summed E-state index contributed by atoms with van der Waals surface area (Å²) in [5.41, 5.74) is 0. The Morgan fingerprint density at radius 1 is 1.80 bits per heavy atom. The molecule has 0 aliphatic heterocycles. The largest absolute Gasteiger partial charge is 0.481 e. The number of halogens is 1. The zero-order valence-electron chi connectivity index (χ0n) is 14.5. The van der Waals surface area contributed by atoms with Gasteiger partial charge in [0.15, 0.2) is 5.90 Å². The van der Waals surface area contributed by atoms with Crippen molar-refractivity contribution in [1.82, 2.24) is 0 Å². The van der Waals surface area contributed by atoms with Crippen LogP contribution in [0.5, 0.6) is 0 Å². The fourth-order valence-electron chi connectivity index (χ4n) is 0.268. The Bertz CT molecular complexity index is 327. The maximum atomic E-state index is 7.43. The molecule has 3 heteroatoms. The average molecular weight is 175 g/mol. The lowest BCUT2D eigenvalue weighted by Gasteiger charge is -2.01. The highest BCUT2D eigenvalue weighted by atomic mass is 35.5. The predicted octanol–water partition coefficient (Wildman–Crippen LogP) is 2.61. The lowest BCUT2D eigenvalue weighted by atomic mass is 10.2. The molecule has 0 aromatic rings. The topological polar surface area (TPSA) is 33.1 Å². The first kappa shape index (κ1) is 2.67. The third-order valence-corrected chi connectivity index (χ3v) is 0.527. The van der Waals surface area contributed by atoms with E-state index in [2.05, 4.69) is 4.74 Å². The Labute approximate surface area is 81.5 Å². The highest BCUT2D eigenvalue weighted by molar-refractivity contribution is 5.85. The molecular formula is C7H16ClNO. The van der Waals surface area contributed by atoms with E-state index in [9.17, 15) is 0 Å². The maximum Gasteiger partial charge on any atom is 0.180 e. The van der Waals surface area contributed by atoms with Crippen LogP contribution in [0.15, 0.2) is 0 Å². The molecule has 0 saturated carbocycles. The van der Waals surface area contributed by atoms with Crippen molar-refractivity contribution in [2.45, 2.75) is 32.9 Å². The molecule has 10 heavy (non-hydrogen) atoms. The van der Waals surface area contributed by atoms with E-state index < -0.39 is 31.9 Å². The van der Waals surface area contributed by atoms with Gasteiger partial charge in [0, 0.05) is 18.7 Å². The van der Waals surface area contributed by atoms with Gasteiger partial charge in [-0.15, -0.1) is 12.4 Å². The van der Waals surface area contributed by atoms with E-state index in [1.165, 1.54) is 6.92 Å². The van der Waals surface area contributed by atoms with E-state index in [4.69, 9.17) is 17.7 Å². The minimum atomic E-state index is -3.47. The maximum absolute atomic E-state index is 7.43.